The quantitative estimate of drug-likeness (QED) is 0.484. The van der Waals surface area contributed by atoms with E-state index in [0.29, 0.717) is 6.42 Å². The summed E-state index contributed by atoms with van der Waals surface area (Å²) >= 11 is 0. The third-order valence-electron chi connectivity index (χ3n) is 4.80. The highest BCUT2D eigenvalue weighted by Crippen LogP contribution is 2.28. The number of benzene rings is 2. The van der Waals surface area contributed by atoms with Gasteiger partial charge in [-0.15, -0.1) is 0 Å². The molecule has 0 unspecified atom stereocenters. The van der Waals surface area contributed by atoms with Crippen LogP contribution in [0.4, 0.5) is 0 Å². The largest absolute Gasteiger partial charge is 0.396 e. The average Bonchev–Trinajstić information content (AvgIpc) is 2.75. The smallest absolute Gasteiger partial charge is 0.0471 e. The lowest BCUT2D eigenvalue weighted by atomic mass is 9.98. The number of pyridine rings is 1. The molecule has 0 spiro atoms. The summed E-state index contributed by atoms with van der Waals surface area (Å²) in [6, 6.07) is 16.7. The van der Waals surface area contributed by atoms with Gasteiger partial charge in [0, 0.05) is 24.4 Å². The van der Waals surface area contributed by atoms with Crippen LogP contribution in [-0.2, 0) is 6.42 Å². The molecule has 0 aliphatic carbocycles. The van der Waals surface area contributed by atoms with Crippen molar-refractivity contribution in [3.63, 3.8) is 0 Å². The highest BCUT2D eigenvalue weighted by atomic mass is 16.2. The molecule has 150 valence electrons. The molecule has 0 fully saturated rings. The van der Waals surface area contributed by atoms with Crippen molar-refractivity contribution in [1.29, 1.82) is 0 Å². The van der Waals surface area contributed by atoms with Crippen molar-refractivity contribution in [2.24, 2.45) is 0 Å². The summed E-state index contributed by atoms with van der Waals surface area (Å²) in [6.07, 6.45) is 12.8. The summed E-state index contributed by atoms with van der Waals surface area (Å²) in [6.45, 7) is 8.50. The maximum Gasteiger partial charge on any atom is 0.0471 e. The van der Waals surface area contributed by atoms with E-state index >= 15 is 0 Å². The second kappa shape index (κ2) is 11.8. The van der Waals surface area contributed by atoms with E-state index in [4.69, 9.17) is 5.11 Å². The summed E-state index contributed by atoms with van der Waals surface area (Å²) < 4.78 is 0. The van der Waals surface area contributed by atoms with Gasteiger partial charge in [-0.05, 0) is 73.4 Å². The van der Waals surface area contributed by atoms with Gasteiger partial charge in [0.05, 0.1) is 0 Å². The maximum absolute atomic E-state index is 8.94. The second-order valence-electron chi connectivity index (χ2n) is 6.94. The first-order valence-electron chi connectivity index (χ1n) is 10.1. The third-order valence-corrected chi connectivity index (χ3v) is 4.80. The lowest BCUT2D eigenvalue weighted by Crippen LogP contribution is -1.90. The Morgan fingerprint density at radius 1 is 0.897 bits per heavy atom. The van der Waals surface area contributed by atoms with Crippen molar-refractivity contribution in [2.75, 3.05) is 6.61 Å². The van der Waals surface area contributed by atoms with Gasteiger partial charge in [0.25, 0.3) is 0 Å². The van der Waals surface area contributed by atoms with Crippen molar-refractivity contribution in [1.82, 2.24) is 4.98 Å². The summed E-state index contributed by atoms with van der Waals surface area (Å²) in [4.78, 5) is 4.21. The molecule has 0 bridgehead atoms. The number of hydrogen-bond acceptors (Lipinski definition) is 2. The third kappa shape index (κ3) is 6.55. The molecule has 0 aliphatic heterocycles. The molecule has 2 nitrogen and oxygen atoms in total. The molecular formula is C27H31NO. The lowest BCUT2D eigenvalue weighted by Gasteiger charge is -2.07. The van der Waals surface area contributed by atoms with Crippen LogP contribution in [0.15, 0.2) is 96.4 Å². The average molecular weight is 386 g/mol. The number of aliphatic hydroxyl groups is 1. The fraction of sp³-hybridized carbons (Fsp3) is 0.222. The molecule has 0 amide bonds. The van der Waals surface area contributed by atoms with E-state index in [1.165, 1.54) is 33.0 Å². The van der Waals surface area contributed by atoms with Gasteiger partial charge >= 0.3 is 0 Å². The first-order chi connectivity index (χ1) is 14.1. The molecule has 1 aromatic heterocycles. The number of allylic oxidation sites excluding steroid dienone is 6. The van der Waals surface area contributed by atoms with Crippen LogP contribution < -0.4 is 0 Å². The van der Waals surface area contributed by atoms with Gasteiger partial charge in [-0.3, -0.25) is 4.98 Å². The normalized spacial score (nSPS) is 12.2. The van der Waals surface area contributed by atoms with Crippen LogP contribution in [0.5, 0.6) is 0 Å². The molecule has 0 atom stereocenters. The Balaban J connectivity index is 0.000000257. The van der Waals surface area contributed by atoms with Crippen LogP contribution in [0, 0.1) is 0 Å². The second-order valence-corrected chi connectivity index (χ2v) is 6.94. The van der Waals surface area contributed by atoms with Gasteiger partial charge in [-0.25, -0.2) is 0 Å². The van der Waals surface area contributed by atoms with Crippen molar-refractivity contribution >= 4 is 10.8 Å². The van der Waals surface area contributed by atoms with E-state index in [0.717, 1.165) is 5.56 Å². The van der Waals surface area contributed by atoms with Crippen molar-refractivity contribution in [3.05, 3.63) is 102 Å². The van der Waals surface area contributed by atoms with Crippen LogP contribution in [0.3, 0.4) is 0 Å². The van der Waals surface area contributed by atoms with E-state index < -0.39 is 0 Å². The standard InChI is InChI=1S/C17H15NO.C10H16/c19-11-9-13-4-6-15(7-5-13)16-3-1-2-14-8-10-18-12-17(14)16;1-5-7-9(3)10(4)8-6-2/h1-8,10,12,19H,9,11H2;5-8H,1-4H3/b;7-5-,8-6-,10-9+. The highest BCUT2D eigenvalue weighted by Gasteiger charge is 2.03. The molecule has 2 heteroatoms. The van der Waals surface area contributed by atoms with E-state index in [1.54, 1.807) is 0 Å². The van der Waals surface area contributed by atoms with E-state index in [9.17, 15) is 0 Å². The summed E-state index contributed by atoms with van der Waals surface area (Å²) in [7, 11) is 0. The zero-order valence-corrected chi connectivity index (χ0v) is 17.9. The maximum atomic E-state index is 8.94. The Labute approximate surface area is 175 Å². The SMILES string of the molecule is C\C=C/C(C)=C(C)/C=C\C.OCCc1ccc(-c2cccc3ccncc23)cc1. The predicted molar refractivity (Wildman–Crippen MR) is 126 cm³/mol. The lowest BCUT2D eigenvalue weighted by molar-refractivity contribution is 0.299. The summed E-state index contributed by atoms with van der Waals surface area (Å²) in [5.41, 5.74) is 6.20. The van der Waals surface area contributed by atoms with Crippen LogP contribution in [0.25, 0.3) is 21.9 Å². The molecule has 0 aliphatic rings. The van der Waals surface area contributed by atoms with Crippen molar-refractivity contribution < 1.29 is 5.11 Å². The summed E-state index contributed by atoms with van der Waals surface area (Å²) in [5, 5.41) is 11.3. The zero-order valence-electron chi connectivity index (χ0n) is 17.9. The van der Waals surface area contributed by atoms with Crippen molar-refractivity contribution in [2.45, 2.75) is 34.1 Å². The zero-order chi connectivity index (χ0) is 21.1. The molecular weight excluding hydrogens is 354 g/mol. The topological polar surface area (TPSA) is 33.1 Å². The Morgan fingerprint density at radius 2 is 1.55 bits per heavy atom. The van der Waals surface area contributed by atoms with Crippen LogP contribution >= 0.6 is 0 Å². The first-order valence-corrected chi connectivity index (χ1v) is 10.1. The van der Waals surface area contributed by atoms with Gasteiger partial charge in [0.1, 0.15) is 0 Å². The minimum atomic E-state index is 0.192. The minimum Gasteiger partial charge on any atom is -0.396 e. The van der Waals surface area contributed by atoms with Crippen LogP contribution in [0.1, 0.15) is 33.3 Å². The molecule has 0 saturated carbocycles. The van der Waals surface area contributed by atoms with E-state index in [-0.39, 0.29) is 6.61 Å². The van der Waals surface area contributed by atoms with Gasteiger partial charge in [-0.2, -0.15) is 0 Å². The molecule has 1 heterocycles. The number of aromatic nitrogens is 1. The Kier molecular flexibility index (Phi) is 9.07. The predicted octanol–water partition coefficient (Wildman–Crippen LogP) is 6.91. The fourth-order valence-corrected chi connectivity index (χ4v) is 3.11. The molecule has 3 rings (SSSR count). The number of rotatable bonds is 5. The van der Waals surface area contributed by atoms with Gasteiger partial charge in [0.2, 0.25) is 0 Å². The fourth-order valence-electron chi connectivity index (χ4n) is 3.11. The molecule has 3 aromatic rings. The Morgan fingerprint density at radius 3 is 2.14 bits per heavy atom. The summed E-state index contributed by atoms with van der Waals surface area (Å²) in [5.74, 6) is 0. The molecule has 1 N–H and O–H groups in total. The van der Waals surface area contributed by atoms with Gasteiger partial charge < -0.3 is 5.11 Å². The monoisotopic (exact) mass is 385 g/mol. The number of hydrogen-bond donors (Lipinski definition) is 1. The Bertz CT molecular complexity index is 969. The molecule has 2 aromatic carbocycles. The number of nitrogens with zero attached hydrogens (tertiary/aromatic N) is 1. The van der Waals surface area contributed by atoms with Crippen molar-refractivity contribution in [3.8, 4) is 11.1 Å². The highest BCUT2D eigenvalue weighted by molar-refractivity contribution is 5.95. The van der Waals surface area contributed by atoms with Gasteiger partial charge in [-0.1, -0.05) is 66.8 Å². The number of fused-ring (bicyclic) bond motifs is 1. The van der Waals surface area contributed by atoms with Crippen LogP contribution in [-0.4, -0.2) is 16.7 Å². The van der Waals surface area contributed by atoms with Gasteiger partial charge in [0.15, 0.2) is 0 Å². The first kappa shape index (κ1) is 22.3. The number of aliphatic hydroxyl groups excluding tert-OH is 1. The molecule has 0 saturated heterocycles. The molecule has 29 heavy (non-hydrogen) atoms. The van der Waals surface area contributed by atoms with E-state index in [2.05, 4.69) is 85.6 Å². The Hall–Kier alpha value is -2.97. The van der Waals surface area contributed by atoms with Crippen LogP contribution in [0.2, 0.25) is 0 Å². The molecule has 0 radical (unpaired) electrons. The minimum absolute atomic E-state index is 0.192. The van der Waals surface area contributed by atoms with E-state index in [1.807, 2.05) is 32.3 Å².